The minimum Gasteiger partial charge on any atom is -0.493 e. The van der Waals surface area contributed by atoms with E-state index >= 15 is 0 Å². The molecule has 0 saturated heterocycles. The summed E-state index contributed by atoms with van der Waals surface area (Å²) in [5, 5.41) is 3.04. The van der Waals surface area contributed by atoms with Crippen molar-refractivity contribution in [3.8, 4) is 28.6 Å². The molecule has 0 aliphatic carbocycles. The van der Waals surface area contributed by atoms with Gasteiger partial charge in [-0.2, -0.15) is 0 Å². The van der Waals surface area contributed by atoms with Crippen LogP contribution in [0, 0.1) is 6.92 Å². The molecule has 0 saturated carbocycles. The highest BCUT2D eigenvalue weighted by molar-refractivity contribution is 5.98. The molecule has 0 radical (unpaired) electrons. The number of nitrogens with two attached hydrogens (primary N) is 2. The minimum atomic E-state index is -0.441. The molecule has 4 rings (SSSR count). The van der Waals surface area contributed by atoms with Crippen molar-refractivity contribution in [1.29, 1.82) is 0 Å². The summed E-state index contributed by atoms with van der Waals surface area (Å²) < 4.78 is 16.5. The van der Waals surface area contributed by atoms with E-state index in [0.717, 1.165) is 5.56 Å². The van der Waals surface area contributed by atoms with Crippen LogP contribution < -0.4 is 31.0 Å². The topological polar surface area (TPSA) is 160 Å². The second-order valence-electron chi connectivity index (χ2n) is 7.39. The standard InChI is InChI=1S/C22H25N7O4/c1-5-33-21-19(23)25-9-15(28-21)12-7-17(32-4)16(31-3)6-11(12)13-8-14-18(20(30)27-13)10(2)26-22(24)29-14/h6-7,9,13H,5,8H2,1-4H3,(H2,23,25)(H,27,30)(H2,24,26,29)/t13-/m1/s1. The molecule has 11 nitrogen and oxygen atoms in total. The lowest BCUT2D eigenvalue weighted by atomic mass is 9.90. The molecule has 1 amide bonds. The van der Waals surface area contributed by atoms with E-state index in [2.05, 4.69) is 25.3 Å². The van der Waals surface area contributed by atoms with Crippen LogP contribution in [0.25, 0.3) is 11.3 Å². The lowest BCUT2D eigenvalue weighted by Crippen LogP contribution is -2.37. The zero-order valence-corrected chi connectivity index (χ0v) is 18.8. The molecule has 1 aliphatic rings. The van der Waals surface area contributed by atoms with Crippen LogP contribution in [0.5, 0.6) is 17.4 Å². The van der Waals surface area contributed by atoms with Crippen molar-refractivity contribution in [2.24, 2.45) is 0 Å². The molecule has 0 fully saturated rings. The van der Waals surface area contributed by atoms with Gasteiger partial charge < -0.3 is 31.0 Å². The van der Waals surface area contributed by atoms with Gasteiger partial charge >= 0.3 is 0 Å². The number of ether oxygens (including phenoxy) is 3. The average Bonchev–Trinajstić information content (AvgIpc) is 2.79. The molecule has 1 aliphatic heterocycles. The normalized spacial score (nSPS) is 14.9. The summed E-state index contributed by atoms with van der Waals surface area (Å²) in [6.45, 7) is 3.95. The number of nitrogen functional groups attached to an aromatic ring is 2. The fourth-order valence-electron chi connectivity index (χ4n) is 3.92. The van der Waals surface area contributed by atoms with Crippen LogP contribution in [-0.2, 0) is 6.42 Å². The molecular formula is C22H25N7O4. The van der Waals surface area contributed by atoms with Crippen molar-refractivity contribution in [2.45, 2.75) is 26.3 Å². The first-order valence-electron chi connectivity index (χ1n) is 10.3. The third-order valence-corrected chi connectivity index (χ3v) is 5.37. The molecule has 3 aromatic rings. The quantitative estimate of drug-likeness (QED) is 0.504. The molecule has 0 unspecified atom stereocenters. The third kappa shape index (κ3) is 4.04. The lowest BCUT2D eigenvalue weighted by molar-refractivity contribution is 0.0922. The number of fused-ring (bicyclic) bond motifs is 1. The number of benzene rings is 1. The smallest absolute Gasteiger partial charge is 0.257 e. The summed E-state index contributed by atoms with van der Waals surface area (Å²) in [6, 6.07) is 3.15. The maximum absolute atomic E-state index is 13.0. The Hall–Kier alpha value is -4.15. The summed E-state index contributed by atoms with van der Waals surface area (Å²) in [7, 11) is 3.09. The molecule has 2 aromatic heterocycles. The molecule has 0 spiro atoms. The van der Waals surface area contributed by atoms with E-state index in [1.165, 1.54) is 0 Å². The van der Waals surface area contributed by atoms with Gasteiger partial charge in [0, 0.05) is 12.0 Å². The number of anilines is 2. The first kappa shape index (κ1) is 22.1. The van der Waals surface area contributed by atoms with Gasteiger partial charge in [-0.25, -0.2) is 19.9 Å². The molecule has 172 valence electrons. The number of aryl methyl sites for hydroxylation is 1. The van der Waals surface area contributed by atoms with Crippen molar-refractivity contribution in [2.75, 3.05) is 32.3 Å². The van der Waals surface area contributed by atoms with E-state index < -0.39 is 6.04 Å². The highest BCUT2D eigenvalue weighted by Gasteiger charge is 2.31. The molecule has 11 heteroatoms. The van der Waals surface area contributed by atoms with Crippen LogP contribution in [0.4, 0.5) is 11.8 Å². The van der Waals surface area contributed by atoms with Crippen molar-refractivity contribution >= 4 is 17.7 Å². The number of nitrogens with one attached hydrogen (secondary N) is 1. The van der Waals surface area contributed by atoms with E-state index in [9.17, 15) is 4.79 Å². The number of hydrogen-bond acceptors (Lipinski definition) is 10. The second kappa shape index (κ2) is 8.77. The van der Waals surface area contributed by atoms with Crippen molar-refractivity contribution < 1.29 is 19.0 Å². The summed E-state index contributed by atoms with van der Waals surface area (Å²) in [4.78, 5) is 30.2. The van der Waals surface area contributed by atoms with Gasteiger partial charge in [0.25, 0.3) is 11.8 Å². The number of carbonyl (C=O) groups is 1. The number of hydrogen-bond donors (Lipinski definition) is 3. The van der Waals surface area contributed by atoms with Gasteiger partial charge in [-0.3, -0.25) is 4.79 Å². The Kier molecular flexibility index (Phi) is 5.86. The van der Waals surface area contributed by atoms with Gasteiger partial charge in [0.15, 0.2) is 17.3 Å². The van der Waals surface area contributed by atoms with Crippen LogP contribution in [0.3, 0.4) is 0 Å². The second-order valence-corrected chi connectivity index (χ2v) is 7.39. The van der Waals surface area contributed by atoms with E-state index in [1.807, 2.05) is 6.92 Å². The van der Waals surface area contributed by atoms with Crippen LogP contribution in [-0.4, -0.2) is 46.7 Å². The Bertz CT molecular complexity index is 1230. The van der Waals surface area contributed by atoms with Gasteiger partial charge in [-0.1, -0.05) is 0 Å². The maximum Gasteiger partial charge on any atom is 0.257 e. The highest BCUT2D eigenvalue weighted by Crippen LogP contribution is 2.40. The van der Waals surface area contributed by atoms with Gasteiger partial charge in [0.1, 0.15) is 0 Å². The highest BCUT2D eigenvalue weighted by atomic mass is 16.5. The SMILES string of the molecule is CCOc1nc(-c2cc(OC)c(OC)cc2[C@H]2Cc3nc(N)nc(C)c3C(=O)N2)cnc1N. The van der Waals surface area contributed by atoms with Crippen molar-refractivity contribution in [3.05, 3.63) is 40.8 Å². The number of carbonyl (C=O) groups excluding carboxylic acids is 1. The Morgan fingerprint density at radius 2 is 1.85 bits per heavy atom. The molecule has 33 heavy (non-hydrogen) atoms. The number of nitrogens with zero attached hydrogens (tertiary/aromatic N) is 4. The van der Waals surface area contributed by atoms with E-state index in [4.69, 9.17) is 25.7 Å². The maximum atomic E-state index is 13.0. The van der Waals surface area contributed by atoms with Crippen molar-refractivity contribution in [1.82, 2.24) is 25.3 Å². The fourth-order valence-corrected chi connectivity index (χ4v) is 3.92. The average molecular weight is 451 g/mol. The first-order valence-corrected chi connectivity index (χ1v) is 10.3. The van der Waals surface area contributed by atoms with E-state index in [1.54, 1.807) is 39.5 Å². The number of rotatable bonds is 6. The zero-order valence-electron chi connectivity index (χ0n) is 18.8. The van der Waals surface area contributed by atoms with Gasteiger partial charge in [0.2, 0.25) is 5.95 Å². The van der Waals surface area contributed by atoms with Gasteiger partial charge in [0.05, 0.1) is 55.7 Å². The predicted molar refractivity (Wildman–Crippen MR) is 121 cm³/mol. The molecule has 3 heterocycles. The van der Waals surface area contributed by atoms with E-state index in [0.29, 0.717) is 52.7 Å². The van der Waals surface area contributed by atoms with Crippen molar-refractivity contribution in [3.63, 3.8) is 0 Å². The monoisotopic (exact) mass is 451 g/mol. The third-order valence-electron chi connectivity index (χ3n) is 5.37. The summed E-state index contributed by atoms with van der Waals surface area (Å²) in [5.41, 5.74) is 15.2. The van der Waals surface area contributed by atoms with Crippen LogP contribution in [0.15, 0.2) is 18.3 Å². The first-order chi connectivity index (χ1) is 15.9. The van der Waals surface area contributed by atoms with Crippen LogP contribution in [0.1, 0.15) is 40.3 Å². The fraction of sp³-hybridized carbons (Fsp3) is 0.318. The summed E-state index contributed by atoms with van der Waals surface area (Å²) >= 11 is 0. The number of methoxy groups -OCH3 is 2. The Morgan fingerprint density at radius 1 is 1.12 bits per heavy atom. The molecular weight excluding hydrogens is 426 g/mol. The summed E-state index contributed by atoms with van der Waals surface area (Å²) in [5.74, 6) is 1.26. The van der Waals surface area contributed by atoms with Crippen LogP contribution in [0.2, 0.25) is 0 Å². The van der Waals surface area contributed by atoms with Crippen LogP contribution >= 0.6 is 0 Å². The molecule has 1 atom stereocenters. The molecule has 5 N–H and O–H groups in total. The Morgan fingerprint density at radius 3 is 2.55 bits per heavy atom. The Labute approximate surface area is 190 Å². The number of aromatic nitrogens is 4. The van der Waals surface area contributed by atoms with Gasteiger partial charge in [-0.05, 0) is 31.5 Å². The molecule has 0 bridgehead atoms. The lowest BCUT2D eigenvalue weighted by Gasteiger charge is -2.28. The minimum absolute atomic E-state index is 0.123. The van der Waals surface area contributed by atoms with E-state index in [-0.39, 0.29) is 23.6 Å². The Balaban J connectivity index is 1.88. The van der Waals surface area contributed by atoms with Gasteiger partial charge in [-0.15, -0.1) is 0 Å². The largest absolute Gasteiger partial charge is 0.493 e. The molecule has 1 aromatic carbocycles. The summed E-state index contributed by atoms with van der Waals surface area (Å²) in [6.07, 6.45) is 1.95. The predicted octanol–water partition coefficient (Wildman–Crippen LogP) is 1.85. The zero-order chi connectivity index (χ0) is 23.7. The number of amides is 1.